The molecule has 1 N–H and O–H groups in total. The molecular formula is C20H21F5N2O3. The van der Waals surface area contributed by atoms with E-state index in [2.05, 4.69) is 5.32 Å². The van der Waals surface area contributed by atoms with E-state index in [1.807, 2.05) is 0 Å². The number of halogens is 5. The second kappa shape index (κ2) is 7.24. The van der Waals surface area contributed by atoms with Crippen molar-refractivity contribution < 1.29 is 36.3 Å². The molecule has 1 fully saturated rings. The largest absolute Gasteiger partial charge is 0.483 e. The number of hydrogen-bond acceptors (Lipinski definition) is 3. The van der Waals surface area contributed by atoms with Gasteiger partial charge in [-0.3, -0.25) is 9.59 Å². The van der Waals surface area contributed by atoms with E-state index in [-0.39, 0.29) is 48.3 Å². The molecule has 0 bridgehead atoms. The Labute approximate surface area is 169 Å². The first-order valence-electron chi connectivity index (χ1n) is 9.32. The summed E-state index contributed by atoms with van der Waals surface area (Å²) in [6, 6.07) is 2.44. The van der Waals surface area contributed by atoms with Crippen LogP contribution in [0.15, 0.2) is 23.8 Å². The van der Waals surface area contributed by atoms with Crippen LogP contribution in [0.5, 0.6) is 5.75 Å². The van der Waals surface area contributed by atoms with Crippen LogP contribution in [0, 0.1) is 0 Å². The van der Waals surface area contributed by atoms with E-state index in [1.54, 1.807) is 13.8 Å². The highest BCUT2D eigenvalue weighted by molar-refractivity contribution is 5.92. The highest BCUT2D eigenvalue weighted by Gasteiger charge is 2.59. The average Bonchev–Trinajstić information content (AvgIpc) is 3.02. The van der Waals surface area contributed by atoms with E-state index >= 15 is 0 Å². The minimum atomic E-state index is -5.78. The van der Waals surface area contributed by atoms with Crippen molar-refractivity contribution in [2.24, 2.45) is 0 Å². The number of rotatable bonds is 4. The lowest BCUT2D eigenvalue weighted by atomic mass is 9.87. The number of carbonyl (C=O) groups is 2. The minimum absolute atomic E-state index is 0.0358. The maximum absolute atomic E-state index is 14.0. The zero-order valence-electron chi connectivity index (χ0n) is 16.6. The summed E-state index contributed by atoms with van der Waals surface area (Å²) in [6.45, 7) is 4.86. The lowest BCUT2D eigenvalue weighted by Gasteiger charge is -2.40. The second-order valence-corrected chi connectivity index (χ2v) is 7.78. The topological polar surface area (TPSA) is 58.6 Å². The Morgan fingerprint density at radius 3 is 2.43 bits per heavy atom. The summed E-state index contributed by atoms with van der Waals surface area (Å²) in [7, 11) is 0. The van der Waals surface area contributed by atoms with E-state index in [1.165, 1.54) is 11.8 Å². The van der Waals surface area contributed by atoms with Crippen molar-refractivity contribution in [2.75, 3.05) is 13.1 Å². The smallest absolute Gasteiger partial charge is 0.458 e. The van der Waals surface area contributed by atoms with Gasteiger partial charge in [-0.25, -0.2) is 0 Å². The molecule has 1 aromatic rings. The Morgan fingerprint density at radius 1 is 1.23 bits per heavy atom. The summed E-state index contributed by atoms with van der Waals surface area (Å²) < 4.78 is 72.6. The summed E-state index contributed by atoms with van der Waals surface area (Å²) in [4.78, 5) is 25.3. The molecule has 0 saturated carbocycles. The number of likely N-dealkylation sites (tertiary alicyclic amines) is 1. The van der Waals surface area contributed by atoms with Gasteiger partial charge in [0.25, 0.3) is 0 Å². The van der Waals surface area contributed by atoms with Gasteiger partial charge in [0.2, 0.25) is 11.8 Å². The van der Waals surface area contributed by atoms with E-state index < -0.39 is 23.3 Å². The molecule has 3 rings (SSSR count). The van der Waals surface area contributed by atoms with Gasteiger partial charge in [-0.15, -0.1) is 0 Å². The first kappa shape index (κ1) is 22.0. The SMILES string of the molecule is CC(=O)NCC1=C(N2CCCC2=O)c2cc(C(F)(F)C(F)(F)F)ccc2OC1(C)C. The first-order chi connectivity index (χ1) is 13.8. The van der Waals surface area contributed by atoms with E-state index in [9.17, 15) is 31.5 Å². The number of carbonyl (C=O) groups excluding carboxylic acids is 2. The Kier molecular flexibility index (Phi) is 5.32. The molecule has 0 spiro atoms. The van der Waals surface area contributed by atoms with Gasteiger partial charge in [-0.1, -0.05) is 0 Å². The lowest BCUT2D eigenvalue weighted by molar-refractivity contribution is -0.289. The molecule has 0 unspecified atom stereocenters. The number of ether oxygens (including phenoxy) is 1. The highest BCUT2D eigenvalue weighted by atomic mass is 19.4. The summed E-state index contributed by atoms with van der Waals surface area (Å²) >= 11 is 0. The number of hydrogen-bond donors (Lipinski definition) is 1. The second-order valence-electron chi connectivity index (χ2n) is 7.78. The highest BCUT2D eigenvalue weighted by Crippen LogP contribution is 2.48. The van der Waals surface area contributed by atoms with Crippen molar-refractivity contribution in [3.8, 4) is 5.75 Å². The molecule has 2 amide bonds. The fourth-order valence-electron chi connectivity index (χ4n) is 3.65. The minimum Gasteiger partial charge on any atom is -0.483 e. The van der Waals surface area contributed by atoms with Crippen LogP contribution in [0.4, 0.5) is 22.0 Å². The molecule has 2 heterocycles. The van der Waals surface area contributed by atoms with Gasteiger partial charge in [0.15, 0.2) is 0 Å². The molecule has 0 aromatic heterocycles. The van der Waals surface area contributed by atoms with Crippen molar-refractivity contribution in [1.82, 2.24) is 10.2 Å². The standard InChI is InChI=1S/C20H21F5N2O3/c1-11(28)26-10-14-17(27-8-4-5-16(27)29)13-9-12(19(21,22)20(23,24)25)6-7-15(13)30-18(14,2)3/h6-7,9H,4-5,8,10H2,1-3H3,(H,26,28). The number of nitrogens with one attached hydrogen (secondary N) is 1. The monoisotopic (exact) mass is 432 g/mol. The third-order valence-corrected chi connectivity index (χ3v) is 5.19. The molecule has 2 aliphatic heterocycles. The molecule has 30 heavy (non-hydrogen) atoms. The third-order valence-electron chi connectivity index (χ3n) is 5.19. The Morgan fingerprint density at radius 2 is 1.90 bits per heavy atom. The number of amides is 2. The summed E-state index contributed by atoms with van der Waals surface area (Å²) in [6.07, 6.45) is -5.03. The van der Waals surface area contributed by atoms with Crippen LogP contribution in [0.3, 0.4) is 0 Å². The van der Waals surface area contributed by atoms with Crippen molar-refractivity contribution in [2.45, 2.75) is 51.3 Å². The van der Waals surface area contributed by atoms with Crippen molar-refractivity contribution in [3.05, 3.63) is 34.9 Å². The van der Waals surface area contributed by atoms with Gasteiger partial charge in [0, 0.05) is 43.1 Å². The first-order valence-corrected chi connectivity index (χ1v) is 9.32. The Balaban J connectivity index is 2.24. The fourth-order valence-corrected chi connectivity index (χ4v) is 3.65. The van der Waals surface area contributed by atoms with Crippen molar-refractivity contribution >= 4 is 17.5 Å². The molecule has 10 heteroatoms. The van der Waals surface area contributed by atoms with Crippen LogP contribution in [-0.4, -0.2) is 41.6 Å². The maximum atomic E-state index is 14.0. The Bertz CT molecular complexity index is 922. The van der Waals surface area contributed by atoms with Crippen molar-refractivity contribution in [1.29, 1.82) is 0 Å². The average molecular weight is 432 g/mol. The predicted octanol–water partition coefficient (Wildman–Crippen LogP) is 3.98. The van der Waals surface area contributed by atoms with Gasteiger partial charge in [0.05, 0.1) is 5.70 Å². The van der Waals surface area contributed by atoms with E-state index in [0.29, 0.717) is 24.1 Å². The van der Waals surface area contributed by atoms with E-state index in [0.717, 1.165) is 6.07 Å². The van der Waals surface area contributed by atoms with Crippen molar-refractivity contribution in [3.63, 3.8) is 0 Å². The normalized spacial score (nSPS) is 18.9. The number of fused-ring (bicyclic) bond motifs is 1. The molecular weight excluding hydrogens is 411 g/mol. The van der Waals surface area contributed by atoms with Crippen LogP contribution in [0.25, 0.3) is 5.70 Å². The van der Waals surface area contributed by atoms with Crippen LogP contribution >= 0.6 is 0 Å². The summed E-state index contributed by atoms with van der Waals surface area (Å²) in [5.41, 5.74) is -1.71. The summed E-state index contributed by atoms with van der Waals surface area (Å²) in [5, 5.41) is 2.60. The number of nitrogens with zero attached hydrogens (tertiary/aromatic N) is 1. The zero-order valence-corrected chi connectivity index (χ0v) is 16.6. The molecule has 0 aliphatic carbocycles. The molecule has 0 atom stereocenters. The lowest BCUT2D eigenvalue weighted by Crippen LogP contribution is -2.43. The third kappa shape index (κ3) is 3.75. The molecule has 1 saturated heterocycles. The quantitative estimate of drug-likeness (QED) is 0.733. The molecule has 164 valence electrons. The van der Waals surface area contributed by atoms with Crippen LogP contribution in [-0.2, 0) is 15.5 Å². The molecule has 1 aromatic carbocycles. The molecule has 2 aliphatic rings. The fraction of sp³-hybridized carbons (Fsp3) is 0.500. The van der Waals surface area contributed by atoms with E-state index in [4.69, 9.17) is 4.74 Å². The molecule has 5 nitrogen and oxygen atoms in total. The van der Waals surface area contributed by atoms with Crippen LogP contribution in [0.1, 0.15) is 44.7 Å². The number of benzene rings is 1. The van der Waals surface area contributed by atoms with Gasteiger partial charge in [0.1, 0.15) is 11.4 Å². The molecule has 0 radical (unpaired) electrons. The van der Waals surface area contributed by atoms with Gasteiger partial charge >= 0.3 is 12.1 Å². The summed E-state index contributed by atoms with van der Waals surface area (Å²) in [5.74, 6) is -5.63. The Hall–Kier alpha value is -2.65. The van der Waals surface area contributed by atoms with Gasteiger partial charge < -0.3 is 15.0 Å². The van der Waals surface area contributed by atoms with Gasteiger partial charge in [-0.2, -0.15) is 22.0 Å². The maximum Gasteiger partial charge on any atom is 0.458 e. The van der Waals surface area contributed by atoms with Crippen LogP contribution in [0.2, 0.25) is 0 Å². The predicted molar refractivity (Wildman–Crippen MR) is 97.6 cm³/mol. The van der Waals surface area contributed by atoms with Gasteiger partial charge in [-0.05, 0) is 38.5 Å². The van der Waals surface area contributed by atoms with Crippen LogP contribution < -0.4 is 10.1 Å². The zero-order chi connectivity index (χ0) is 22.5. The number of alkyl halides is 5.